The number of amides is 2. The molecule has 1 atom stereocenters. The van der Waals surface area contributed by atoms with Crippen LogP contribution >= 0.6 is 23.2 Å². The molecule has 1 aliphatic heterocycles. The molecule has 0 saturated carbocycles. The van der Waals surface area contributed by atoms with Crippen LogP contribution in [0.2, 0.25) is 10.0 Å². The molecule has 1 saturated heterocycles. The summed E-state index contributed by atoms with van der Waals surface area (Å²) in [7, 11) is -3.60. The van der Waals surface area contributed by atoms with Crippen molar-refractivity contribution in [3.05, 3.63) is 58.1 Å². The molecule has 2 aromatic rings. The lowest BCUT2D eigenvalue weighted by Crippen LogP contribution is -2.50. The molecule has 0 bridgehead atoms. The maximum absolute atomic E-state index is 12.9. The molecule has 2 N–H and O–H groups in total. The summed E-state index contributed by atoms with van der Waals surface area (Å²) in [5.74, 6) is -1.19. The van der Waals surface area contributed by atoms with Gasteiger partial charge in [0.2, 0.25) is 21.8 Å². The number of carbonyl (C=O) groups excluding carboxylic acids is 2. The number of nitrogens with one attached hydrogen (secondary N) is 2. The van der Waals surface area contributed by atoms with Crippen LogP contribution in [0, 0.1) is 18.8 Å². The Labute approximate surface area is 210 Å². The fraction of sp³-hybridized carbons (Fsp3) is 0.417. The standard InChI is InChI=1S/C24H29Cl2N3O4S/c1-15(2)22(24(31)27-21-9-6-18(25)14-20(21)26)28-23(30)17-10-12-29(13-11-17)34(32,33)19-7-4-16(3)5-8-19/h4-9,14-15,17,22H,10-13H2,1-3H3,(H,27,31)(H,28,30)/t22-/m0/s1. The Hall–Kier alpha value is -2.13. The first kappa shape index (κ1) is 26.5. The number of aryl methyl sites for hydroxylation is 1. The molecule has 1 fully saturated rings. The van der Waals surface area contributed by atoms with E-state index in [2.05, 4.69) is 10.6 Å². The van der Waals surface area contributed by atoms with Crippen LogP contribution < -0.4 is 10.6 Å². The van der Waals surface area contributed by atoms with Crippen LogP contribution in [-0.2, 0) is 19.6 Å². The largest absolute Gasteiger partial charge is 0.344 e. The van der Waals surface area contributed by atoms with Crippen LogP contribution in [0.3, 0.4) is 0 Å². The van der Waals surface area contributed by atoms with Gasteiger partial charge in [-0.05, 0) is 56.0 Å². The lowest BCUT2D eigenvalue weighted by Gasteiger charge is -2.32. The number of halogens is 2. The zero-order valence-electron chi connectivity index (χ0n) is 19.3. The summed E-state index contributed by atoms with van der Waals surface area (Å²) in [6.45, 7) is 6.06. The Morgan fingerprint density at radius 1 is 1.03 bits per heavy atom. The fourth-order valence-electron chi connectivity index (χ4n) is 3.83. The highest BCUT2D eigenvalue weighted by Crippen LogP contribution is 2.27. The third-order valence-corrected chi connectivity index (χ3v) is 8.38. The summed E-state index contributed by atoms with van der Waals surface area (Å²) in [6, 6.07) is 10.7. The molecule has 0 unspecified atom stereocenters. The van der Waals surface area contributed by atoms with Gasteiger partial charge in [0, 0.05) is 24.0 Å². The summed E-state index contributed by atoms with van der Waals surface area (Å²) in [5, 5.41) is 6.34. The highest BCUT2D eigenvalue weighted by molar-refractivity contribution is 7.89. The van der Waals surface area contributed by atoms with Gasteiger partial charge >= 0.3 is 0 Å². The van der Waals surface area contributed by atoms with E-state index in [0.717, 1.165) is 5.56 Å². The molecule has 0 aromatic heterocycles. The highest BCUT2D eigenvalue weighted by Gasteiger charge is 2.34. The molecular formula is C24H29Cl2N3O4S. The molecule has 1 aliphatic rings. The number of hydrogen-bond acceptors (Lipinski definition) is 4. The van der Waals surface area contributed by atoms with Crippen molar-refractivity contribution in [1.82, 2.24) is 9.62 Å². The zero-order chi connectivity index (χ0) is 25.0. The normalized spacial score (nSPS) is 16.3. The monoisotopic (exact) mass is 525 g/mol. The van der Waals surface area contributed by atoms with Crippen LogP contribution in [0.1, 0.15) is 32.3 Å². The predicted molar refractivity (Wildman–Crippen MR) is 135 cm³/mol. The first-order valence-corrected chi connectivity index (χ1v) is 13.3. The zero-order valence-corrected chi connectivity index (χ0v) is 21.7. The third kappa shape index (κ3) is 6.30. The average molecular weight is 526 g/mol. The molecule has 0 spiro atoms. The summed E-state index contributed by atoms with van der Waals surface area (Å²) in [5.41, 5.74) is 1.39. The first-order valence-electron chi connectivity index (χ1n) is 11.1. The van der Waals surface area contributed by atoms with Gasteiger partial charge in [0.25, 0.3) is 0 Å². The van der Waals surface area contributed by atoms with Gasteiger partial charge in [-0.15, -0.1) is 0 Å². The van der Waals surface area contributed by atoms with E-state index < -0.39 is 16.1 Å². The van der Waals surface area contributed by atoms with E-state index in [9.17, 15) is 18.0 Å². The van der Waals surface area contributed by atoms with Crippen molar-refractivity contribution in [1.29, 1.82) is 0 Å². The van der Waals surface area contributed by atoms with Crippen molar-refractivity contribution in [2.75, 3.05) is 18.4 Å². The number of sulfonamides is 1. The van der Waals surface area contributed by atoms with Gasteiger partial charge in [-0.3, -0.25) is 9.59 Å². The van der Waals surface area contributed by atoms with Crippen LogP contribution in [0.5, 0.6) is 0 Å². The smallest absolute Gasteiger partial charge is 0.247 e. The Balaban J connectivity index is 1.61. The number of piperidine rings is 1. The van der Waals surface area contributed by atoms with Crippen LogP contribution in [0.4, 0.5) is 5.69 Å². The lowest BCUT2D eigenvalue weighted by atomic mass is 9.95. The van der Waals surface area contributed by atoms with Crippen LogP contribution in [0.25, 0.3) is 0 Å². The van der Waals surface area contributed by atoms with Gasteiger partial charge < -0.3 is 10.6 Å². The van der Waals surface area contributed by atoms with E-state index in [1.807, 2.05) is 20.8 Å². The van der Waals surface area contributed by atoms with E-state index in [-0.39, 0.29) is 41.6 Å². The minimum atomic E-state index is -3.60. The van der Waals surface area contributed by atoms with E-state index in [4.69, 9.17) is 23.2 Å². The number of carbonyl (C=O) groups is 2. The van der Waals surface area contributed by atoms with Crippen LogP contribution in [-0.4, -0.2) is 43.7 Å². The molecule has 2 amide bonds. The molecule has 0 aliphatic carbocycles. The topological polar surface area (TPSA) is 95.6 Å². The third-order valence-electron chi connectivity index (χ3n) is 5.92. The average Bonchev–Trinajstić information content (AvgIpc) is 2.79. The minimum Gasteiger partial charge on any atom is -0.344 e. The summed E-state index contributed by atoms with van der Waals surface area (Å²) < 4.78 is 27.2. The fourth-order valence-corrected chi connectivity index (χ4v) is 5.75. The predicted octanol–water partition coefficient (Wildman–Crippen LogP) is 4.48. The Bertz CT molecular complexity index is 1150. The van der Waals surface area contributed by atoms with E-state index in [0.29, 0.717) is 28.6 Å². The highest BCUT2D eigenvalue weighted by atomic mass is 35.5. The molecule has 1 heterocycles. The van der Waals surface area contributed by atoms with E-state index >= 15 is 0 Å². The van der Waals surface area contributed by atoms with Crippen molar-refractivity contribution in [2.24, 2.45) is 11.8 Å². The number of benzene rings is 2. The summed E-state index contributed by atoms with van der Waals surface area (Å²) in [6.07, 6.45) is 0.763. The molecule has 0 radical (unpaired) electrons. The molecule has 2 aromatic carbocycles. The van der Waals surface area contributed by atoms with Gasteiger partial charge in [0.1, 0.15) is 6.04 Å². The molecule has 7 nitrogen and oxygen atoms in total. The van der Waals surface area contributed by atoms with Crippen molar-refractivity contribution in [2.45, 2.75) is 44.6 Å². The quantitative estimate of drug-likeness (QED) is 0.556. The van der Waals surface area contributed by atoms with E-state index in [1.165, 1.54) is 10.4 Å². The van der Waals surface area contributed by atoms with Crippen LogP contribution in [0.15, 0.2) is 47.4 Å². The van der Waals surface area contributed by atoms with Gasteiger partial charge in [-0.2, -0.15) is 4.31 Å². The summed E-state index contributed by atoms with van der Waals surface area (Å²) >= 11 is 12.1. The minimum absolute atomic E-state index is 0.169. The van der Waals surface area contributed by atoms with E-state index in [1.54, 1.807) is 36.4 Å². The Kier molecular flexibility index (Phi) is 8.62. The lowest BCUT2D eigenvalue weighted by molar-refractivity contribution is -0.130. The van der Waals surface area contributed by atoms with Crippen molar-refractivity contribution < 1.29 is 18.0 Å². The maximum Gasteiger partial charge on any atom is 0.247 e. The number of hydrogen-bond donors (Lipinski definition) is 2. The van der Waals surface area contributed by atoms with Crippen molar-refractivity contribution in [3.63, 3.8) is 0 Å². The second-order valence-electron chi connectivity index (χ2n) is 8.84. The summed E-state index contributed by atoms with van der Waals surface area (Å²) in [4.78, 5) is 26.1. The van der Waals surface area contributed by atoms with Gasteiger partial charge in [-0.1, -0.05) is 54.7 Å². The molecule has 10 heteroatoms. The number of nitrogens with zero attached hydrogens (tertiary/aromatic N) is 1. The Morgan fingerprint density at radius 3 is 2.21 bits per heavy atom. The van der Waals surface area contributed by atoms with Gasteiger partial charge in [-0.25, -0.2) is 8.42 Å². The maximum atomic E-state index is 12.9. The number of rotatable bonds is 7. The molecular weight excluding hydrogens is 497 g/mol. The molecule has 34 heavy (non-hydrogen) atoms. The van der Waals surface area contributed by atoms with Gasteiger partial charge in [0.05, 0.1) is 15.6 Å². The molecule has 3 rings (SSSR count). The molecule has 184 valence electrons. The Morgan fingerprint density at radius 2 is 1.65 bits per heavy atom. The van der Waals surface area contributed by atoms with Gasteiger partial charge in [0.15, 0.2) is 0 Å². The SMILES string of the molecule is Cc1ccc(S(=O)(=O)N2CCC(C(=O)N[C@H](C(=O)Nc3ccc(Cl)cc3Cl)C(C)C)CC2)cc1. The second-order valence-corrected chi connectivity index (χ2v) is 11.6. The second kappa shape index (κ2) is 11.1. The number of anilines is 1. The van der Waals surface area contributed by atoms with Crippen molar-refractivity contribution in [3.8, 4) is 0 Å². The first-order chi connectivity index (χ1) is 16.0. The van der Waals surface area contributed by atoms with Crippen molar-refractivity contribution >= 4 is 50.7 Å².